The minimum Gasteiger partial charge on any atom is -0.463 e. The highest BCUT2D eigenvalue weighted by molar-refractivity contribution is 5.69. The number of ether oxygens (including phenoxy) is 4. The molecule has 2 heterocycles. The van der Waals surface area contributed by atoms with Crippen molar-refractivity contribution in [2.75, 3.05) is 19.8 Å². The van der Waals surface area contributed by atoms with Crippen LogP contribution in [0.4, 0.5) is 0 Å². The molecule has 7 N–H and O–H groups in total. The first-order chi connectivity index (χ1) is 13.6. The SMILES string of the molecule is CC(C)CC(=O)OCC1O[C@H](O[C@]2(CO)O[C@H](CO)[C@H](O)C2O)C(O)[C@@H](O)[C@@H]1O. The van der Waals surface area contributed by atoms with Crippen LogP contribution in [0, 0.1) is 5.92 Å². The predicted molar refractivity (Wildman–Crippen MR) is 92.0 cm³/mol. The van der Waals surface area contributed by atoms with E-state index in [1.807, 2.05) is 13.8 Å². The van der Waals surface area contributed by atoms with Gasteiger partial charge in [0.05, 0.1) is 6.61 Å². The highest BCUT2D eigenvalue weighted by Crippen LogP contribution is 2.36. The summed E-state index contributed by atoms with van der Waals surface area (Å²) in [4.78, 5) is 11.7. The van der Waals surface area contributed by atoms with Gasteiger partial charge in [-0.1, -0.05) is 13.8 Å². The van der Waals surface area contributed by atoms with Gasteiger partial charge in [0.15, 0.2) is 6.29 Å². The van der Waals surface area contributed by atoms with E-state index in [1.54, 1.807) is 0 Å². The van der Waals surface area contributed by atoms with Crippen molar-refractivity contribution in [1.29, 1.82) is 0 Å². The second-order valence-corrected chi connectivity index (χ2v) is 7.66. The van der Waals surface area contributed by atoms with E-state index in [0.29, 0.717) is 0 Å². The number of hydrogen-bond acceptors (Lipinski definition) is 12. The molecule has 2 aliphatic rings. The molecular weight excluding hydrogens is 396 g/mol. The Morgan fingerprint density at radius 2 is 1.66 bits per heavy atom. The minimum absolute atomic E-state index is 0.0412. The Bertz CT molecular complexity index is 545. The lowest BCUT2D eigenvalue weighted by Gasteiger charge is -2.43. The van der Waals surface area contributed by atoms with Crippen molar-refractivity contribution in [2.24, 2.45) is 5.92 Å². The van der Waals surface area contributed by atoms with E-state index in [1.165, 1.54) is 0 Å². The smallest absolute Gasteiger partial charge is 0.306 e. The highest BCUT2D eigenvalue weighted by Gasteiger charge is 2.58. The second-order valence-electron chi connectivity index (χ2n) is 7.66. The zero-order valence-corrected chi connectivity index (χ0v) is 16.2. The van der Waals surface area contributed by atoms with Gasteiger partial charge >= 0.3 is 5.97 Å². The van der Waals surface area contributed by atoms with Gasteiger partial charge in [-0.3, -0.25) is 4.79 Å². The lowest BCUT2D eigenvalue weighted by atomic mass is 9.99. The van der Waals surface area contributed by atoms with Crippen LogP contribution in [0.5, 0.6) is 0 Å². The standard InChI is InChI=1S/C17H30O12/c1-7(2)3-10(20)26-5-9-11(21)13(23)14(24)16(27-9)29-17(6-19)15(25)12(22)8(4-18)28-17/h7-9,11-16,18-19,21-25H,3-6H2,1-2H3/t8-,9?,11-,12+,13+,14?,15?,16-,17+/m1/s1. The number of aliphatic hydroxyl groups excluding tert-OH is 7. The van der Waals surface area contributed by atoms with Crippen LogP contribution < -0.4 is 0 Å². The molecule has 0 aliphatic carbocycles. The number of carbonyl (C=O) groups is 1. The summed E-state index contributed by atoms with van der Waals surface area (Å²) < 4.78 is 21.0. The quantitative estimate of drug-likeness (QED) is 0.187. The van der Waals surface area contributed by atoms with Crippen LogP contribution in [-0.2, 0) is 23.7 Å². The third-order valence-electron chi connectivity index (χ3n) is 4.87. The van der Waals surface area contributed by atoms with Crippen LogP contribution in [-0.4, -0.2) is 116 Å². The third-order valence-corrected chi connectivity index (χ3v) is 4.87. The zero-order chi connectivity index (χ0) is 21.9. The van der Waals surface area contributed by atoms with Crippen molar-refractivity contribution in [3.05, 3.63) is 0 Å². The van der Waals surface area contributed by atoms with Crippen molar-refractivity contribution in [2.45, 2.75) is 75.1 Å². The van der Waals surface area contributed by atoms with Gasteiger partial charge in [0.2, 0.25) is 5.79 Å². The topological polar surface area (TPSA) is 196 Å². The lowest BCUT2D eigenvalue weighted by Crippen LogP contribution is -2.62. The lowest BCUT2D eigenvalue weighted by molar-refractivity contribution is -0.383. The number of aliphatic hydroxyl groups is 7. The fourth-order valence-corrected chi connectivity index (χ4v) is 3.19. The van der Waals surface area contributed by atoms with E-state index in [9.17, 15) is 40.5 Å². The van der Waals surface area contributed by atoms with Gasteiger partial charge in [-0.2, -0.15) is 0 Å². The van der Waals surface area contributed by atoms with Gasteiger partial charge in [0.1, 0.15) is 55.9 Å². The molecule has 12 heteroatoms. The Balaban J connectivity index is 2.09. The third kappa shape index (κ3) is 5.22. The van der Waals surface area contributed by atoms with E-state index in [0.717, 1.165) is 0 Å². The zero-order valence-electron chi connectivity index (χ0n) is 16.2. The van der Waals surface area contributed by atoms with E-state index < -0.39 is 80.6 Å². The normalized spacial score (nSPS) is 43.0. The molecule has 2 fully saturated rings. The van der Waals surface area contributed by atoms with Gasteiger partial charge in [-0.15, -0.1) is 0 Å². The van der Waals surface area contributed by atoms with Crippen LogP contribution in [0.15, 0.2) is 0 Å². The molecule has 3 unspecified atom stereocenters. The van der Waals surface area contributed by atoms with Crippen molar-refractivity contribution in [1.82, 2.24) is 0 Å². The summed E-state index contributed by atoms with van der Waals surface area (Å²) in [5.74, 6) is -2.78. The maximum atomic E-state index is 11.7. The molecule has 2 saturated heterocycles. The van der Waals surface area contributed by atoms with Crippen LogP contribution in [0.25, 0.3) is 0 Å². The van der Waals surface area contributed by atoms with Crippen molar-refractivity contribution < 1.29 is 59.5 Å². The monoisotopic (exact) mass is 426 g/mol. The maximum Gasteiger partial charge on any atom is 0.306 e. The summed E-state index contributed by atoms with van der Waals surface area (Å²) in [5.41, 5.74) is 0. The van der Waals surface area contributed by atoms with Crippen molar-refractivity contribution in [3.63, 3.8) is 0 Å². The summed E-state index contributed by atoms with van der Waals surface area (Å²) in [5, 5.41) is 69.3. The summed E-state index contributed by atoms with van der Waals surface area (Å²) in [6, 6.07) is 0. The molecule has 0 saturated carbocycles. The van der Waals surface area contributed by atoms with Crippen LogP contribution in [0.1, 0.15) is 20.3 Å². The minimum atomic E-state index is -2.26. The highest BCUT2D eigenvalue weighted by atomic mass is 16.8. The second kappa shape index (κ2) is 9.92. The number of esters is 1. The van der Waals surface area contributed by atoms with E-state index >= 15 is 0 Å². The molecule has 2 rings (SSSR count). The number of carbonyl (C=O) groups excluding carboxylic acids is 1. The average molecular weight is 426 g/mol. The average Bonchev–Trinajstić information content (AvgIpc) is 2.92. The molecular formula is C17H30O12. The van der Waals surface area contributed by atoms with Gasteiger partial charge in [-0.25, -0.2) is 0 Å². The van der Waals surface area contributed by atoms with Gasteiger partial charge in [0.25, 0.3) is 0 Å². The molecule has 12 nitrogen and oxygen atoms in total. The molecule has 9 atom stereocenters. The first-order valence-corrected chi connectivity index (χ1v) is 9.35. The molecule has 2 aliphatic heterocycles. The molecule has 0 aromatic rings. The molecule has 0 radical (unpaired) electrons. The Kier molecular flexibility index (Phi) is 8.32. The van der Waals surface area contributed by atoms with Crippen molar-refractivity contribution >= 4 is 5.97 Å². The summed E-state index contributed by atoms with van der Waals surface area (Å²) in [6.07, 6.45) is -12.8. The van der Waals surface area contributed by atoms with Crippen LogP contribution >= 0.6 is 0 Å². The molecule has 29 heavy (non-hydrogen) atoms. The Morgan fingerprint density at radius 3 is 2.17 bits per heavy atom. The number of hydrogen-bond donors (Lipinski definition) is 7. The Labute approximate surface area is 167 Å². The van der Waals surface area contributed by atoms with Crippen LogP contribution in [0.3, 0.4) is 0 Å². The fraction of sp³-hybridized carbons (Fsp3) is 0.941. The van der Waals surface area contributed by atoms with Crippen molar-refractivity contribution in [3.8, 4) is 0 Å². The summed E-state index contributed by atoms with van der Waals surface area (Å²) in [6.45, 7) is 1.50. The molecule has 0 bridgehead atoms. The van der Waals surface area contributed by atoms with Gasteiger partial charge in [-0.05, 0) is 5.92 Å². The molecule has 0 spiro atoms. The maximum absolute atomic E-state index is 11.7. The molecule has 0 aromatic carbocycles. The van der Waals surface area contributed by atoms with Crippen LogP contribution in [0.2, 0.25) is 0 Å². The first-order valence-electron chi connectivity index (χ1n) is 9.35. The molecule has 0 amide bonds. The summed E-state index contributed by atoms with van der Waals surface area (Å²) in [7, 11) is 0. The molecule has 0 aromatic heterocycles. The first kappa shape index (κ1) is 24.3. The Morgan fingerprint density at radius 1 is 1.00 bits per heavy atom. The number of rotatable bonds is 8. The predicted octanol–water partition coefficient (Wildman–Crippen LogP) is -3.80. The van der Waals surface area contributed by atoms with Gasteiger partial charge in [0, 0.05) is 6.42 Å². The molecule has 170 valence electrons. The summed E-state index contributed by atoms with van der Waals surface area (Å²) >= 11 is 0. The van der Waals surface area contributed by atoms with Gasteiger partial charge < -0.3 is 54.7 Å². The van der Waals surface area contributed by atoms with E-state index in [2.05, 4.69) is 0 Å². The van der Waals surface area contributed by atoms with E-state index in [4.69, 9.17) is 18.9 Å². The fourth-order valence-electron chi connectivity index (χ4n) is 3.19. The largest absolute Gasteiger partial charge is 0.463 e. The van der Waals surface area contributed by atoms with E-state index in [-0.39, 0.29) is 12.3 Å². The Hall–Kier alpha value is -0.930.